The van der Waals surface area contributed by atoms with Gasteiger partial charge in [0, 0.05) is 25.9 Å². The summed E-state index contributed by atoms with van der Waals surface area (Å²) in [5.74, 6) is -0.419. The predicted octanol–water partition coefficient (Wildman–Crippen LogP) is 2.89. The van der Waals surface area contributed by atoms with E-state index in [2.05, 4.69) is 4.99 Å². The zero-order valence-corrected chi connectivity index (χ0v) is 20.6. The van der Waals surface area contributed by atoms with Gasteiger partial charge >= 0.3 is 5.97 Å². The maximum Gasteiger partial charge on any atom is 0.337 e. The van der Waals surface area contributed by atoms with Crippen molar-refractivity contribution in [2.24, 2.45) is 4.99 Å². The maximum atomic E-state index is 12.7. The first-order valence-corrected chi connectivity index (χ1v) is 12.7. The largest absolute Gasteiger partial charge is 0.465 e. The molecule has 0 aliphatic carbocycles. The number of thioether (sulfide) groups is 1. The smallest absolute Gasteiger partial charge is 0.337 e. The maximum absolute atomic E-state index is 12.7. The molecule has 2 heterocycles. The average Bonchev–Trinajstić information content (AvgIpc) is 3.42. The number of benzene rings is 2. The second kappa shape index (κ2) is 11.0. The monoisotopic (exact) mass is 499 g/mol. The molecule has 10 heteroatoms. The van der Waals surface area contributed by atoms with Gasteiger partial charge in [-0.15, -0.1) is 11.8 Å². The van der Waals surface area contributed by atoms with Crippen molar-refractivity contribution < 1.29 is 23.9 Å². The molecule has 1 aliphatic heterocycles. The molecule has 0 radical (unpaired) electrons. The third kappa shape index (κ3) is 5.24. The van der Waals surface area contributed by atoms with Crippen LogP contribution in [0.25, 0.3) is 10.2 Å². The van der Waals surface area contributed by atoms with E-state index in [1.54, 1.807) is 24.1 Å². The molecule has 1 aromatic heterocycles. The molecule has 0 spiro atoms. The summed E-state index contributed by atoms with van der Waals surface area (Å²) < 4.78 is 12.7. The van der Waals surface area contributed by atoms with Gasteiger partial charge in [-0.05, 0) is 36.2 Å². The molecule has 8 nitrogen and oxygen atoms in total. The van der Waals surface area contributed by atoms with Crippen LogP contribution in [-0.2, 0) is 32.0 Å². The third-order valence-corrected chi connectivity index (χ3v) is 7.43. The van der Waals surface area contributed by atoms with Crippen molar-refractivity contribution in [1.82, 2.24) is 4.57 Å². The Hall–Kier alpha value is -2.95. The van der Waals surface area contributed by atoms with Gasteiger partial charge in [-0.2, -0.15) is 4.99 Å². The molecular formula is C24H25N3O5S2. The fraction of sp³-hybridized carbons (Fsp3) is 0.333. The second-order valence-corrected chi connectivity index (χ2v) is 9.62. The number of hydrogen-bond acceptors (Lipinski definition) is 7. The van der Waals surface area contributed by atoms with E-state index in [9.17, 15) is 14.4 Å². The molecule has 0 fully saturated rings. The fourth-order valence-electron chi connectivity index (χ4n) is 3.84. The number of ether oxygens (including phenoxy) is 2. The van der Waals surface area contributed by atoms with Crippen molar-refractivity contribution in [2.45, 2.75) is 13.0 Å². The average molecular weight is 500 g/mol. The summed E-state index contributed by atoms with van der Waals surface area (Å²) in [5, 5.41) is 0. The lowest BCUT2D eigenvalue weighted by Crippen LogP contribution is -2.30. The predicted molar refractivity (Wildman–Crippen MR) is 133 cm³/mol. The Morgan fingerprint density at radius 3 is 2.74 bits per heavy atom. The van der Waals surface area contributed by atoms with Gasteiger partial charge in [-0.1, -0.05) is 29.5 Å². The molecule has 0 atom stereocenters. The van der Waals surface area contributed by atoms with Crippen molar-refractivity contribution in [3.05, 3.63) is 58.4 Å². The molecule has 1 aliphatic rings. The number of para-hydroxylation sites is 1. The van der Waals surface area contributed by atoms with Crippen LogP contribution in [0.4, 0.5) is 5.69 Å². The standard InChI is InChI=1S/C24H25N3O5S2/c1-31-12-11-27-19-8-7-17(23(30)32-2)13-20(19)34-24(27)25-21(28)14-33-15-22(29)26-10-9-16-5-3-4-6-18(16)26/h3-8,13H,9-12,14-15H2,1-2H3. The lowest BCUT2D eigenvalue weighted by Gasteiger charge is -2.16. The van der Waals surface area contributed by atoms with E-state index in [1.807, 2.05) is 34.9 Å². The van der Waals surface area contributed by atoms with Gasteiger partial charge in [-0.25, -0.2) is 4.79 Å². The van der Waals surface area contributed by atoms with E-state index in [1.165, 1.54) is 35.8 Å². The van der Waals surface area contributed by atoms with Crippen LogP contribution in [-0.4, -0.2) is 61.2 Å². The van der Waals surface area contributed by atoms with Gasteiger partial charge < -0.3 is 18.9 Å². The summed E-state index contributed by atoms with van der Waals surface area (Å²) in [7, 11) is 2.95. The van der Waals surface area contributed by atoms with Crippen molar-refractivity contribution in [1.29, 1.82) is 0 Å². The van der Waals surface area contributed by atoms with Gasteiger partial charge in [0.1, 0.15) is 0 Å². The third-order valence-electron chi connectivity index (χ3n) is 5.48. The van der Waals surface area contributed by atoms with Gasteiger partial charge in [0.25, 0.3) is 5.91 Å². The number of esters is 1. The SMILES string of the molecule is COCCn1c(=NC(=O)CSCC(=O)N2CCc3ccccc32)sc2cc(C(=O)OC)ccc21. The normalized spacial score (nSPS) is 13.4. The highest BCUT2D eigenvalue weighted by atomic mass is 32.2. The number of amides is 2. The molecule has 2 amide bonds. The quantitative estimate of drug-likeness (QED) is 0.443. The Labute approximate surface area is 205 Å². The summed E-state index contributed by atoms with van der Waals surface area (Å²) in [6, 6.07) is 13.1. The molecule has 0 saturated heterocycles. The highest BCUT2D eigenvalue weighted by molar-refractivity contribution is 8.00. The van der Waals surface area contributed by atoms with Crippen LogP contribution < -0.4 is 9.70 Å². The Bertz CT molecular complexity index is 1300. The van der Waals surface area contributed by atoms with E-state index < -0.39 is 5.97 Å². The molecule has 3 aromatic rings. The number of methoxy groups -OCH3 is 2. The summed E-state index contributed by atoms with van der Waals surface area (Å²) in [6.45, 7) is 1.64. The van der Waals surface area contributed by atoms with Crippen molar-refractivity contribution in [2.75, 3.05) is 43.8 Å². The highest BCUT2D eigenvalue weighted by Gasteiger charge is 2.24. The van der Waals surface area contributed by atoms with Crippen molar-refractivity contribution >= 4 is 56.8 Å². The summed E-state index contributed by atoms with van der Waals surface area (Å²) >= 11 is 2.59. The van der Waals surface area contributed by atoms with E-state index >= 15 is 0 Å². The number of fused-ring (bicyclic) bond motifs is 2. The minimum atomic E-state index is -0.421. The number of anilines is 1. The minimum absolute atomic E-state index is 0.00453. The van der Waals surface area contributed by atoms with E-state index in [4.69, 9.17) is 9.47 Å². The zero-order chi connectivity index (χ0) is 24.1. The van der Waals surface area contributed by atoms with Crippen LogP contribution in [0.2, 0.25) is 0 Å². The van der Waals surface area contributed by atoms with Crippen molar-refractivity contribution in [3.8, 4) is 0 Å². The first kappa shape index (κ1) is 24.2. The van der Waals surface area contributed by atoms with Gasteiger partial charge in [-0.3, -0.25) is 9.59 Å². The Balaban J connectivity index is 1.46. The molecule has 0 unspecified atom stereocenters. The number of carbonyl (C=O) groups is 3. The zero-order valence-electron chi connectivity index (χ0n) is 19.0. The Morgan fingerprint density at radius 1 is 1.12 bits per heavy atom. The van der Waals surface area contributed by atoms with Crippen LogP contribution >= 0.6 is 23.1 Å². The molecule has 0 bridgehead atoms. The Morgan fingerprint density at radius 2 is 1.94 bits per heavy atom. The minimum Gasteiger partial charge on any atom is -0.465 e. The van der Waals surface area contributed by atoms with E-state index in [0.29, 0.717) is 30.1 Å². The van der Waals surface area contributed by atoms with Gasteiger partial charge in [0.15, 0.2) is 4.80 Å². The number of aromatic nitrogens is 1. The number of hydrogen-bond donors (Lipinski definition) is 0. The van der Waals surface area contributed by atoms with Crippen LogP contribution in [0.15, 0.2) is 47.5 Å². The highest BCUT2D eigenvalue weighted by Crippen LogP contribution is 2.28. The van der Waals surface area contributed by atoms with Crippen molar-refractivity contribution in [3.63, 3.8) is 0 Å². The Kier molecular flexibility index (Phi) is 7.81. The second-order valence-electron chi connectivity index (χ2n) is 7.63. The van der Waals surface area contributed by atoms with Crippen LogP contribution in [0.5, 0.6) is 0 Å². The number of carbonyl (C=O) groups excluding carboxylic acids is 3. The molecule has 4 rings (SSSR count). The molecular weight excluding hydrogens is 474 g/mol. The topological polar surface area (TPSA) is 90.2 Å². The van der Waals surface area contributed by atoms with Gasteiger partial charge in [0.05, 0.1) is 41.0 Å². The van der Waals surface area contributed by atoms with Crippen LogP contribution in [0.1, 0.15) is 15.9 Å². The molecule has 0 saturated carbocycles. The summed E-state index contributed by atoms with van der Waals surface area (Å²) in [5.41, 5.74) is 3.43. The number of nitrogens with zero attached hydrogens (tertiary/aromatic N) is 3. The molecule has 34 heavy (non-hydrogen) atoms. The van der Waals surface area contributed by atoms with Crippen LogP contribution in [0, 0.1) is 0 Å². The molecule has 178 valence electrons. The fourth-order valence-corrected chi connectivity index (χ4v) is 5.63. The van der Waals surface area contributed by atoms with E-state index in [-0.39, 0.29) is 23.3 Å². The number of rotatable bonds is 8. The summed E-state index contributed by atoms with van der Waals surface area (Å²) in [6.07, 6.45) is 0.853. The number of thiazole rings is 1. The molecule has 2 aromatic carbocycles. The summed E-state index contributed by atoms with van der Waals surface area (Å²) in [4.78, 5) is 43.8. The first-order valence-electron chi connectivity index (χ1n) is 10.8. The van der Waals surface area contributed by atoms with E-state index in [0.717, 1.165) is 22.3 Å². The lowest BCUT2D eigenvalue weighted by molar-refractivity contribution is -0.116. The van der Waals surface area contributed by atoms with Gasteiger partial charge in [0.2, 0.25) is 5.91 Å². The molecule has 0 N–H and O–H groups in total. The lowest BCUT2D eigenvalue weighted by atomic mass is 10.2. The first-order chi connectivity index (χ1) is 16.5. The van der Waals surface area contributed by atoms with Crippen LogP contribution in [0.3, 0.4) is 0 Å².